The lowest BCUT2D eigenvalue weighted by molar-refractivity contribution is -0.113. The molecule has 4 rings (SSSR count). The van der Waals surface area contributed by atoms with E-state index in [-0.39, 0.29) is 30.7 Å². The molecule has 12 nitrogen and oxygen atoms in total. The molecule has 0 aliphatic rings. The largest absolute Gasteiger partial charge is 0.493 e. The first-order valence-corrected chi connectivity index (χ1v) is 14.6. The maximum Gasteiger partial charge on any atom is 0.338 e. The van der Waals surface area contributed by atoms with E-state index in [1.54, 1.807) is 47.9 Å². The van der Waals surface area contributed by atoms with Gasteiger partial charge in [0.05, 0.1) is 45.8 Å². The van der Waals surface area contributed by atoms with Gasteiger partial charge in [-0.25, -0.2) is 4.79 Å². The molecule has 0 saturated heterocycles. The van der Waals surface area contributed by atoms with Crippen molar-refractivity contribution in [2.75, 3.05) is 39.0 Å². The van der Waals surface area contributed by atoms with Gasteiger partial charge in [0, 0.05) is 16.9 Å². The van der Waals surface area contributed by atoms with Gasteiger partial charge in [-0.05, 0) is 67.9 Å². The summed E-state index contributed by atoms with van der Waals surface area (Å²) in [6.07, 6.45) is 0. The maximum absolute atomic E-state index is 13.1. The van der Waals surface area contributed by atoms with Crippen molar-refractivity contribution in [3.8, 4) is 22.9 Å². The summed E-state index contributed by atoms with van der Waals surface area (Å²) in [5, 5.41) is 14.8. The number of rotatable bonds is 13. The van der Waals surface area contributed by atoms with Gasteiger partial charge in [-0.15, -0.1) is 10.2 Å². The Morgan fingerprint density at radius 3 is 2.20 bits per heavy atom. The van der Waals surface area contributed by atoms with Crippen molar-refractivity contribution in [2.24, 2.45) is 0 Å². The van der Waals surface area contributed by atoms with Crippen LogP contribution < -0.4 is 24.8 Å². The molecule has 0 fully saturated rings. The van der Waals surface area contributed by atoms with Crippen LogP contribution >= 0.6 is 11.8 Å². The number of hydrogen-bond donors (Lipinski definition) is 2. The predicted octanol–water partition coefficient (Wildman–Crippen LogP) is 4.44. The van der Waals surface area contributed by atoms with Crippen LogP contribution in [0, 0.1) is 6.92 Å². The molecule has 0 radical (unpaired) electrons. The normalized spacial score (nSPS) is 10.6. The van der Waals surface area contributed by atoms with E-state index in [4.69, 9.17) is 18.9 Å². The average molecular weight is 620 g/mol. The molecule has 2 N–H and O–H groups in total. The topological polar surface area (TPSA) is 143 Å². The Kier molecular flexibility index (Phi) is 10.8. The molecule has 0 aliphatic heterocycles. The zero-order valence-corrected chi connectivity index (χ0v) is 25.8. The highest BCUT2D eigenvalue weighted by Gasteiger charge is 2.20. The van der Waals surface area contributed by atoms with Crippen LogP contribution in [0.2, 0.25) is 0 Å². The Hall–Kier alpha value is -5.04. The number of esters is 1. The highest BCUT2D eigenvalue weighted by molar-refractivity contribution is 7.99. The smallest absolute Gasteiger partial charge is 0.338 e. The summed E-state index contributed by atoms with van der Waals surface area (Å²) in [5.41, 5.74) is 3.05. The molecule has 0 atom stereocenters. The van der Waals surface area contributed by atoms with Gasteiger partial charge < -0.3 is 29.6 Å². The molecule has 0 spiro atoms. The van der Waals surface area contributed by atoms with Crippen LogP contribution in [0.3, 0.4) is 0 Å². The minimum atomic E-state index is -0.424. The Morgan fingerprint density at radius 1 is 0.886 bits per heavy atom. The van der Waals surface area contributed by atoms with Gasteiger partial charge in [0.1, 0.15) is 0 Å². The molecule has 4 aromatic rings. The second-order valence-electron chi connectivity index (χ2n) is 9.30. The summed E-state index contributed by atoms with van der Waals surface area (Å²) < 4.78 is 22.9. The third-order valence-electron chi connectivity index (χ3n) is 6.31. The molecule has 0 bridgehead atoms. The van der Waals surface area contributed by atoms with Crippen LogP contribution in [0.15, 0.2) is 65.8 Å². The van der Waals surface area contributed by atoms with Gasteiger partial charge in [-0.1, -0.05) is 23.9 Å². The van der Waals surface area contributed by atoms with Crippen LogP contribution in [0.4, 0.5) is 5.69 Å². The zero-order chi connectivity index (χ0) is 31.6. The van der Waals surface area contributed by atoms with Crippen LogP contribution in [-0.4, -0.2) is 66.2 Å². The van der Waals surface area contributed by atoms with Gasteiger partial charge in [-0.3, -0.25) is 14.2 Å². The molecule has 2 amide bonds. The summed E-state index contributed by atoms with van der Waals surface area (Å²) in [4.78, 5) is 37.8. The number of benzene rings is 3. The third-order valence-corrected chi connectivity index (χ3v) is 7.24. The summed E-state index contributed by atoms with van der Waals surface area (Å²) >= 11 is 1.20. The first-order chi connectivity index (χ1) is 21.3. The van der Waals surface area contributed by atoms with E-state index < -0.39 is 5.97 Å². The molecule has 1 aromatic heterocycles. The summed E-state index contributed by atoms with van der Waals surface area (Å²) in [6, 6.07) is 17.3. The molecule has 44 heavy (non-hydrogen) atoms. The molecule has 0 unspecified atom stereocenters. The van der Waals surface area contributed by atoms with Crippen molar-refractivity contribution in [3.05, 3.63) is 83.2 Å². The Labute approximate surface area is 259 Å². The van der Waals surface area contributed by atoms with Gasteiger partial charge in [0.15, 0.2) is 22.5 Å². The maximum atomic E-state index is 13.1. The van der Waals surface area contributed by atoms with E-state index in [2.05, 4.69) is 20.8 Å². The lowest BCUT2D eigenvalue weighted by Gasteiger charge is -2.14. The number of nitrogens with one attached hydrogen (secondary N) is 2. The van der Waals surface area contributed by atoms with Crippen molar-refractivity contribution in [1.29, 1.82) is 0 Å². The molecule has 1 heterocycles. The Morgan fingerprint density at radius 2 is 1.59 bits per heavy atom. The average Bonchev–Trinajstić information content (AvgIpc) is 3.45. The molecule has 0 saturated carbocycles. The molecular formula is C31H33N5O7S. The number of carbonyl (C=O) groups excluding carboxylic acids is 3. The number of amides is 2. The van der Waals surface area contributed by atoms with Crippen molar-refractivity contribution < 1.29 is 33.3 Å². The van der Waals surface area contributed by atoms with Crippen LogP contribution in [0.1, 0.15) is 39.0 Å². The van der Waals surface area contributed by atoms with E-state index >= 15 is 0 Å². The van der Waals surface area contributed by atoms with Gasteiger partial charge in [0.25, 0.3) is 5.91 Å². The van der Waals surface area contributed by atoms with E-state index in [0.717, 1.165) is 11.3 Å². The van der Waals surface area contributed by atoms with Crippen LogP contribution in [-0.2, 0) is 16.1 Å². The van der Waals surface area contributed by atoms with Crippen LogP contribution in [0.5, 0.6) is 17.2 Å². The van der Waals surface area contributed by atoms with Crippen LogP contribution in [0.25, 0.3) is 5.69 Å². The van der Waals surface area contributed by atoms with E-state index in [0.29, 0.717) is 45.0 Å². The van der Waals surface area contributed by atoms with Crippen molar-refractivity contribution in [3.63, 3.8) is 0 Å². The number of methoxy groups -OCH3 is 3. The van der Waals surface area contributed by atoms with Crippen molar-refractivity contribution in [1.82, 2.24) is 20.1 Å². The monoisotopic (exact) mass is 619 g/mol. The molecule has 3 aromatic carbocycles. The summed E-state index contributed by atoms with van der Waals surface area (Å²) in [7, 11) is 4.44. The van der Waals surface area contributed by atoms with E-state index in [1.165, 1.54) is 33.1 Å². The van der Waals surface area contributed by atoms with E-state index in [1.807, 2.05) is 31.2 Å². The highest BCUT2D eigenvalue weighted by atomic mass is 32.2. The Bertz CT molecular complexity index is 1610. The van der Waals surface area contributed by atoms with Crippen molar-refractivity contribution in [2.45, 2.75) is 25.5 Å². The standard InChI is InChI=1S/C31H33N5O7S/c1-6-43-30(39)20-10-12-22(13-11-20)33-27(37)18-44-31-35-34-26(36(31)23-9-7-8-19(2)14-23)17-32-29(38)21-15-24(40-3)28(42-5)25(16-21)41-4/h7-16H,6,17-18H2,1-5H3,(H,32,38)(H,33,37). The van der Waals surface area contributed by atoms with Gasteiger partial charge in [0.2, 0.25) is 11.7 Å². The summed E-state index contributed by atoms with van der Waals surface area (Å²) in [6.45, 7) is 4.03. The second-order valence-corrected chi connectivity index (χ2v) is 10.2. The summed E-state index contributed by atoms with van der Waals surface area (Å²) in [5.74, 6) is 0.520. The van der Waals surface area contributed by atoms with Gasteiger partial charge >= 0.3 is 5.97 Å². The SMILES string of the molecule is CCOC(=O)c1ccc(NC(=O)CSc2nnc(CNC(=O)c3cc(OC)c(OC)c(OC)c3)n2-c2cccc(C)c2)cc1. The highest BCUT2D eigenvalue weighted by Crippen LogP contribution is 2.38. The van der Waals surface area contributed by atoms with E-state index in [9.17, 15) is 14.4 Å². The molecule has 13 heteroatoms. The van der Waals surface area contributed by atoms with Crippen molar-refractivity contribution >= 4 is 35.2 Å². The third kappa shape index (κ3) is 7.67. The number of nitrogens with zero attached hydrogens (tertiary/aromatic N) is 3. The molecule has 230 valence electrons. The minimum absolute atomic E-state index is 0.0430. The fourth-order valence-corrected chi connectivity index (χ4v) is 5.01. The number of aromatic nitrogens is 3. The molecule has 0 aliphatic carbocycles. The lowest BCUT2D eigenvalue weighted by atomic mass is 10.1. The number of ether oxygens (including phenoxy) is 4. The Balaban J connectivity index is 1.49. The number of anilines is 1. The number of carbonyl (C=O) groups is 3. The molecular weight excluding hydrogens is 586 g/mol. The zero-order valence-electron chi connectivity index (χ0n) is 25.0. The predicted molar refractivity (Wildman–Crippen MR) is 165 cm³/mol. The number of hydrogen-bond acceptors (Lipinski definition) is 10. The lowest BCUT2D eigenvalue weighted by Crippen LogP contribution is -2.25. The fraction of sp³-hybridized carbons (Fsp3) is 0.258. The fourth-order valence-electron chi connectivity index (χ4n) is 4.24. The minimum Gasteiger partial charge on any atom is -0.493 e. The quantitative estimate of drug-likeness (QED) is 0.163. The first-order valence-electron chi connectivity index (χ1n) is 13.6. The number of aryl methyl sites for hydroxylation is 1. The second kappa shape index (κ2) is 14.9. The number of thioether (sulfide) groups is 1. The van der Waals surface area contributed by atoms with Gasteiger partial charge in [-0.2, -0.15) is 0 Å². The first kappa shape index (κ1) is 31.9.